The number of nitrogens with zero attached hydrogens (tertiary/aromatic N) is 7. The smallest absolute Gasteiger partial charge is 0.316 e. The van der Waals surface area contributed by atoms with Crippen LogP contribution >= 0.6 is 0 Å². The van der Waals surface area contributed by atoms with Gasteiger partial charge in [-0.1, -0.05) is 50.2 Å². The Hall–Kier alpha value is -3.95. The number of non-ortho nitro benzene ring substituents is 1. The van der Waals surface area contributed by atoms with Crippen molar-refractivity contribution in [3.63, 3.8) is 0 Å². The number of aliphatic hydroxyl groups excluding tert-OH is 2. The van der Waals surface area contributed by atoms with Crippen LogP contribution in [-0.2, 0) is 52.8 Å². The minimum absolute atomic E-state index is 0.0404. The lowest BCUT2D eigenvalue weighted by Crippen LogP contribution is -2.60. The van der Waals surface area contributed by atoms with E-state index >= 15 is 0 Å². The van der Waals surface area contributed by atoms with E-state index in [1.54, 1.807) is 37.6 Å². The molecule has 68 heavy (non-hydrogen) atoms. The molecule has 3 N–H and O–H groups in total. The number of nitro benzene ring substituents is 1. The standard InChI is InChI=1S/C49H79N7O12/c1-13-40-49(8,61)44(59)31(4)41(51-68-38-20-18-36(19-21-38)53(9)10)29(2)27-48(7,64-12)45(32(5)42(57)33(6)46(60)66-40)67-47-43(58)39(26-30(3)65-47)54(11)24-23-35-28-55(52-50-35)25-22-34-14-16-37(17-15-34)56(62)63/h14-17,28-33,36,38-40,43-45,47,58-59,61H,13,18-27H2,1-12H3/t29-,30-,31+,32+,33-,36?,38?,39+,40-,43-,44-,45-,47+,48-,49-/m1/s1. The summed E-state index contributed by atoms with van der Waals surface area (Å²) in [7, 11) is 7.59. The number of esters is 1. The summed E-state index contributed by atoms with van der Waals surface area (Å²) in [5.41, 5.74) is -0.992. The summed E-state index contributed by atoms with van der Waals surface area (Å²) in [5.74, 6) is -4.85. The van der Waals surface area contributed by atoms with E-state index in [0.29, 0.717) is 44.1 Å². The van der Waals surface area contributed by atoms with Crippen molar-refractivity contribution in [3.05, 3.63) is 51.8 Å². The van der Waals surface area contributed by atoms with Crippen molar-refractivity contribution in [1.82, 2.24) is 24.8 Å². The molecule has 0 unspecified atom stereocenters. The van der Waals surface area contributed by atoms with E-state index in [4.69, 9.17) is 28.9 Å². The van der Waals surface area contributed by atoms with E-state index < -0.39 is 88.3 Å². The van der Waals surface area contributed by atoms with Crippen LogP contribution in [0.4, 0.5) is 5.69 Å². The van der Waals surface area contributed by atoms with Crippen molar-refractivity contribution in [2.24, 2.45) is 28.8 Å². The molecule has 3 fully saturated rings. The van der Waals surface area contributed by atoms with Crippen molar-refractivity contribution in [2.45, 2.75) is 186 Å². The first-order valence-corrected chi connectivity index (χ1v) is 24.4. The summed E-state index contributed by atoms with van der Waals surface area (Å²) in [5, 5.41) is 60.4. The summed E-state index contributed by atoms with van der Waals surface area (Å²) < 4.78 is 27.1. The molecule has 1 saturated carbocycles. The first-order chi connectivity index (χ1) is 32.0. The molecule has 0 radical (unpaired) electrons. The number of methoxy groups -OCH3 is 1. The van der Waals surface area contributed by atoms with Crippen molar-refractivity contribution in [1.29, 1.82) is 0 Å². The van der Waals surface area contributed by atoms with Gasteiger partial charge in [-0.25, -0.2) is 0 Å². The zero-order chi connectivity index (χ0) is 50.2. The van der Waals surface area contributed by atoms with Crippen LogP contribution in [0, 0.1) is 33.8 Å². The van der Waals surface area contributed by atoms with Crippen molar-refractivity contribution in [2.75, 3.05) is 34.8 Å². The summed E-state index contributed by atoms with van der Waals surface area (Å²) in [6.45, 7) is 14.8. The number of rotatable bonds is 15. The maximum Gasteiger partial charge on any atom is 0.316 e. The minimum atomic E-state index is -1.92. The second-order valence-electron chi connectivity index (χ2n) is 20.4. The van der Waals surface area contributed by atoms with Crippen molar-refractivity contribution < 1.29 is 53.6 Å². The Labute approximate surface area is 402 Å². The predicted octanol–water partition coefficient (Wildman–Crippen LogP) is 4.75. The molecule has 1 aromatic carbocycles. The molecule has 3 heterocycles. The lowest BCUT2D eigenvalue weighted by Gasteiger charge is -2.47. The summed E-state index contributed by atoms with van der Waals surface area (Å²) in [4.78, 5) is 49.4. The lowest BCUT2D eigenvalue weighted by molar-refractivity contribution is -0.384. The van der Waals surface area contributed by atoms with E-state index in [-0.39, 0.29) is 30.7 Å². The average Bonchev–Trinajstić information content (AvgIpc) is 3.78. The number of aliphatic hydroxyl groups is 3. The fraction of sp³-hybridized carbons (Fsp3) is 0.776. The third-order valence-electron chi connectivity index (χ3n) is 15.0. The molecular weight excluding hydrogens is 879 g/mol. The van der Waals surface area contributed by atoms with Crippen molar-refractivity contribution in [3.8, 4) is 0 Å². The highest BCUT2D eigenvalue weighted by Crippen LogP contribution is 2.39. The Bertz CT molecular complexity index is 1990. The number of hydrogen-bond acceptors (Lipinski definition) is 17. The van der Waals surface area contributed by atoms with Gasteiger partial charge in [-0.2, -0.15) is 0 Å². The van der Waals surface area contributed by atoms with Crippen LogP contribution in [0.25, 0.3) is 0 Å². The van der Waals surface area contributed by atoms with Crippen LogP contribution in [0.3, 0.4) is 0 Å². The number of carbonyl (C=O) groups is 2. The molecule has 382 valence electrons. The monoisotopic (exact) mass is 958 g/mol. The number of ether oxygens (including phenoxy) is 4. The van der Waals surface area contributed by atoms with Gasteiger partial charge in [0.1, 0.15) is 29.8 Å². The van der Waals surface area contributed by atoms with E-state index in [1.807, 2.05) is 38.9 Å². The normalized spacial score (nSPS) is 36.4. The van der Waals surface area contributed by atoms with Crippen molar-refractivity contribution >= 4 is 23.2 Å². The summed E-state index contributed by atoms with van der Waals surface area (Å²) in [6, 6.07) is 6.47. The van der Waals surface area contributed by atoms with Crippen LogP contribution < -0.4 is 0 Å². The molecule has 5 rings (SSSR count). The topological polar surface area (TPSA) is 234 Å². The maximum absolute atomic E-state index is 14.5. The number of benzene rings is 1. The van der Waals surface area contributed by atoms with Gasteiger partial charge >= 0.3 is 5.97 Å². The molecular formula is C49H79N7O12. The second-order valence-corrected chi connectivity index (χ2v) is 20.4. The highest BCUT2D eigenvalue weighted by atomic mass is 16.7. The molecule has 1 aromatic heterocycles. The molecule has 13 atom stereocenters. The molecule has 0 bridgehead atoms. The quantitative estimate of drug-likeness (QED) is 0.0946. The van der Waals surface area contributed by atoms with Gasteiger partial charge in [0.05, 0.1) is 40.2 Å². The Morgan fingerprint density at radius 2 is 1.66 bits per heavy atom. The number of aryl methyl sites for hydroxylation is 2. The van der Waals surface area contributed by atoms with Gasteiger partial charge in [0.25, 0.3) is 5.69 Å². The number of aromatic nitrogens is 3. The van der Waals surface area contributed by atoms with Gasteiger partial charge < -0.3 is 48.9 Å². The Morgan fingerprint density at radius 1 is 1.00 bits per heavy atom. The first-order valence-electron chi connectivity index (χ1n) is 24.4. The highest BCUT2D eigenvalue weighted by Gasteiger charge is 2.52. The third-order valence-corrected chi connectivity index (χ3v) is 15.0. The van der Waals surface area contributed by atoms with Gasteiger partial charge in [-0.3, -0.25) is 24.4 Å². The molecule has 0 amide bonds. The third kappa shape index (κ3) is 13.3. The number of likely N-dealkylation sites (N-methyl/N-ethyl adjacent to an activating group) is 1. The van der Waals surface area contributed by atoms with Crippen LogP contribution in [-0.4, -0.2) is 163 Å². The zero-order valence-electron chi connectivity index (χ0n) is 42.3. The summed E-state index contributed by atoms with van der Waals surface area (Å²) >= 11 is 0. The Kier molecular flexibility index (Phi) is 19.2. The second kappa shape index (κ2) is 23.8. The zero-order valence-corrected chi connectivity index (χ0v) is 42.3. The van der Waals surface area contributed by atoms with Gasteiger partial charge in [0.2, 0.25) is 0 Å². The van der Waals surface area contributed by atoms with E-state index in [0.717, 1.165) is 36.9 Å². The van der Waals surface area contributed by atoms with Crippen LogP contribution in [0.15, 0.2) is 35.6 Å². The number of ketones is 1. The number of cyclic esters (lactones) is 1. The highest BCUT2D eigenvalue weighted by molar-refractivity contribution is 6.00. The molecule has 2 aliphatic heterocycles. The van der Waals surface area contributed by atoms with Crippen LogP contribution in [0.2, 0.25) is 0 Å². The molecule has 1 aliphatic carbocycles. The number of oxime groups is 1. The molecule has 19 nitrogen and oxygen atoms in total. The Morgan fingerprint density at radius 3 is 2.26 bits per heavy atom. The number of nitro groups is 1. The van der Waals surface area contributed by atoms with Crippen LogP contribution in [0.5, 0.6) is 0 Å². The predicted molar refractivity (Wildman–Crippen MR) is 254 cm³/mol. The van der Waals surface area contributed by atoms with Gasteiger partial charge in [0.15, 0.2) is 12.1 Å². The number of hydrogen-bond donors (Lipinski definition) is 3. The average molecular weight is 958 g/mol. The molecule has 3 aliphatic rings. The minimum Gasteiger partial charge on any atom is -0.459 e. The SMILES string of the molecule is CC[C@H]1OC(=O)[C@H](C)C(=O)[C@H](C)[C@@H](O[C@@H]2O[C@H](C)C[C@H](N(C)CCc3cn(CCc4ccc([N+](=O)[O-])cc4)nn3)[C@H]2O)[C@](C)(OC)C[C@@H](C)C(=NOC2CCC(N(C)C)CC2)[C@H](C)[C@@H](O)[C@]1(C)O. The van der Waals surface area contributed by atoms with Crippen LogP contribution in [0.1, 0.15) is 112 Å². The van der Waals surface area contributed by atoms with E-state index in [9.17, 15) is 35.0 Å². The first kappa shape index (κ1) is 55.0. The fourth-order valence-electron chi connectivity index (χ4n) is 10.4. The maximum atomic E-state index is 14.5. The summed E-state index contributed by atoms with van der Waals surface area (Å²) in [6.07, 6.45) is 0.811. The largest absolute Gasteiger partial charge is 0.459 e. The number of Topliss-reactive ketones (excluding diaryl/α,β-unsaturated/α-hetero) is 1. The molecule has 0 spiro atoms. The van der Waals surface area contributed by atoms with Gasteiger partial charge in [-0.05, 0) is 106 Å². The fourth-order valence-corrected chi connectivity index (χ4v) is 10.4. The molecule has 2 saturated heterocycles. The Balaban J connectivity index is 1.38. The lowest BCUT2D eigenvalue weighted by atomic mass is 9.74. The van der Waals surface area contributed by atoms with Gasteiger partial charge in [0, 0.05) is 74.8 Å². The van der Waals surface area contributed by atoms with E-state index in [1.165, 1.54) is 33.1 Å². The molecule has 2 aromatic rings. The van der Waals surface area contributed by atoms with Gasteiger partial charge in [-0.15, -0.1) is 5.10 Å². The number of carbonyl (C=O) groups excluding carboxylic acids is 2. The molecule has 19 heteroatoms. The van der Waals surface area contributed by atoms with E-state index in [2.05, 4.69) is 29.3 Å².